The predicted molar refractivity (Wildman–Crippen MR) is 92.4 cm³/mol. The number of carbonyl (C=O) groups is 1. The van der Waals surface area contributed by atoms with Crippen LogP contribution in [0.15, 0.2) is 28.8 Å². The maximum atomic E-state index is 12.6. The summed E-state index contributed by atoms with van der Waals surface area (Å²) in [5.74, 6) is 1.83. The third kappa shape index (κ3) is 4.36. The Morgan fingerprint density at radius 2 is 1.96 bits per heavy atom. The lowest BCUT2D eigenvalue weighted by Gasteiger charge is -2.36. The summed E-state index contributed by atoms with van der Waals surface area (Å²) in [4.78, 5) is 18.7. The summed E-state index contributed by atoms with van der Waals surface area (Å²) in [6, 6.07) is 7.79. The van der Waals surface area contributed by atoms with Crippen LogP contribution in [-0.2, 0) is 13.0 Å². The summed E-state index contributed by atoms with van der Waals surface area (Å²) in [6.07, 6.45) is 0.701. The van der Waals surface area contributed by atoms with Crippen molar-refractivity contribution in [2.24, 2.45) is 0 Å². The minimum Gasteiger partial charge on any atom is -0.485 e. The number of ether oxygens (including phenoxy) is 1. The number of aromatic nitrogens is 2. The van der Waals surface area contributed by atoms with Crippen molar-refractivity contribution in [3.05, 3.63) is 41.5 Å². The van der Waals surface area contributed by atoms with Crippen LogP contribution in [0.5, 0.6) is 5.75 Å². The summed E-state index contributed by atoms with van der Waals surface area (Å²) >= 11 is 0. The van der Waals surface area contributed by atoms with Crippen molar-refractivity contribution in [3.8, 4) is 5.75 Å². The van der Waals surface area contributed by atoms with Crippen LogP contribution < -0.4 is 10.1 Å². The Balaban J connectivity index is 1.58. The molecule has 2 aromatic rings. The highest BCUT2D eigenvalue weighted by Gasteiger charge is 2.25. The number of hydrogen-bond donors (Lipinski definition) is 1. The SMILES string of the molecule is CCc1nc(COc2ccc(C(=O)N3CC(C)NC(C)C3)cc2)no1. The molecular formula is C18H24N4O3. The molecule has 0 bridgehead atoms. The zero-order valence-electron chi connectivity index (χ0n) is 14.9. The summed E-state index contributed by atoms with van der Waals surface area (Å²) in [6.45, 7) is 7.82. The second kappa shape index (κ2) is 7.65. The average molecular weight is 344 g/mol. The molecule has 1 aromatic heterocycles. The summed E-state index contributed by atoms with van der Waals surface area (Å²) in [5.41, 5.74) is 0.668. The Bertz CT molecular complexity index is 703. The Kier molecular flexibility index (Phi) is 5.33. The van der Waals surface area contributed by atoms with E-state index in [9.17, 15) is 4.79 Å². The fourth-order valence-corrected chi connectivity index (χ4v) is 3.01. The van der Waals surface area contributed by atoms with Gasteiger partial charge >= 0.3 is 0 Å². The zero-order valence-corrected chi connectivity index (χ0v) is 14.9. The lowest BCUT2D eigenvalue weighted by atomic mass is 10.1. The molecular weight excluding hydrogens is 320 g/mol. The normalized spacial score (nSPS) is 20.5. The van der Waals surface area contributed by atoms with E-state index in [1.165, 1.54) is 0 Å². The molecule has 134 valence electrons. The van der Waals surface area contributed by atoms with Gasteiger partial charge in [0.25, 0.3) is 5.91 Å². The highest BCUT2D eigenvalue weighted by atomic mass is 16.5. The maximum Gasteiger partial charge on any atom is 0.253 e. The number of amides is 1. The maximum absolute atomic E-state index is 12.6. The smallest absolute Gasteiger partial charge is 0.253 e. The molecule has 25 heavy (non-hydrogen) atoms. The number of nitrogens with one attached hydrogen (secondary N) is 1. The first-order valence-corrected chi connectivity index (χ1v) is 8.64. The second-order valence-electron chi connectivity index (χ2n) is 6.45. The van der Waals surface area contributed by atoms with Gasteiger partial charge in [0.15, 0.2) is 6.61 Å². The van der Waals surface area contributed by atoms with Gasteiger partial charge in [0.05, 0.1) is 0 Å². The monoisotopic (exact) mass is 344 g/mol. The third-order valence-corrected chi connectivity index (χ3v) is 4.13. The number of benzene rings is 1. The molecule has 0 radical (unpaired) electrons. The zero-order chi connectivity index (χ0) is 17.8. The van der Waals surface area contributed by atoms with Crippen LogP contribution in [0.2, 0.25) is 0 Å². The number of aryl methyl sites for hydroxylation is 1. The fourth-order valence-electron chi connectivity index (χ4n) is 3.01. The van der Waals surface area contributed by atoms with Gasteiger partial charge in [0.1, 0.15) is 5.75 Å². The third-order valence-electron chi connectivity index (χ3n) is 4.13. The molecule has 2 unspecified atom stereocenters. The first-order chi connectivity index (χ1) is 12.0. The van der Waals surface area contributed by atoms with Gasteiger partial charge in [-0.2, -0.15) is 4.98 Å². The minimum atomic E-state index is 0.0532. The van der Waals surface area contributed by atoms with Crippen LogP contribution in [0, 0.1) is 0 Å². The molecule has 1 aliphatic rings. The predicted octanol–water partition coefficient (Wildman–Crippen LogP) is 2.03. The fraction of sp³-hybridized carbons (Fsp3) is 0.500. The van der Waals surface area contributed by atoms with Gasteiger partial charge in [-0.05, 0) is 38.1 Å². The molecule has 2 heterocycles. The van der Waals surface area contributed by atoms with Crippen LogP contribution in [0.3, 0.4) is 0 Å². The number of carbonyl (C=O) groups excluding carboxylic acids is 1. The van der Waals surface area contributed by atoms with Crippen molar-refractivity contribution in [3.63, 3.8) is 0 Å². The molecule has 0 aliphatic carbocycles. The molecule has 7 heteroatoms. The van der Waals surface area contributed by atoms with Crippen LogP contribution >= 0.6 is 0 Å². The van der Waals surface area contributed by atoms with E-state index in [4.69, 9.17) is 9.26 Å². The summed E-state index contributed by atoms with van der Waals surface area (Å²) in [5, 5.41) is 7.27. The lowest BCUT2D eigenvalue weighted by Crippen LogP contribution is -2.55. The molecule has 0 saturated carbocycles. The molecule has 1 aliphatic heterocycles. The summed E-state index contributed by atoms with van der Waals surface area (Å²) in [7, 11) is 0. The van der Waals surface area contributed by atoms with E-state index in [1.807, 2.05) is 11.8 Å². The van der Waals surface area contributed by atoms with Crippen LogP contribution in [0.25, 0.3) is 0 Å². The molecule has 1 saturated heterocycles. The van der Waals surface area contributed by atoms with E-state index in [0.29, 0.717) is 41.5 Å². The van der Waals surface area contributed by atoms with Gasteiger partial charge in [-0.1, -0.05) is 12.1 Å². The van der Waals surface area contributed by atoms with E-state index in [2.05, 4.69) is 29.3 Å². The van der Waals surface area contributed by atoms with Crippen molar-refractivity contribution in [1.29, 1.82) is 0 Å². The molecule has 1 fully saturated rings. The number of nitrogens with zero attached hydrogens (tertiary/aromatic N) is 3. The lowest BCUT2D eigenvalue weighted by molar-refractivity contribution is 0.0673. The quantitative estimate of drug-likeness (QED) is 0.894. The summed E-state index contributed by atoms with van der Waals surface area (Å²) < 4.78 is 10.7. The molecule has 3 rings (SSSR count). The Morgan fingerprint density at radius 3 is 2.56 bits per heavy atom. The number of piperazine rings is 1. The molecule has 2 atom stereocenters. The Labute approximate surface area is 147 Å². The van der Waals surface area contributed by atoms with E-state index >= 15 is 0 Å². The van der Waals surface area contributed by atoms with Crippen molar-refractivity contribution in [1.82, 2.24) is 20.4 Å². The van der Waals surface area contributed by atoms with Gasteiger partial charge < -0.3 is 19.5 Å². The van der Waals surface area contributed by atoms with Gasteiger partial charge in [-0.15, -0.1) is 0 Å². The molecule has 1 aromatic carbocycles. The van der Waals surface area contributed by atoms with Gasteiger partial charge in [-0.25, -0.2) is 0 Å². The molecule has 7 nitrogen and oxygen atoms in total. The van der Waals surface area contributed by atoms with Gasteiger partial charge in [0.2, 0.25) is 11.7 Å². The van der Waals surface area contributed by atoms with Gasteiger partial charge in [-0.3, -0.25) is 4.79 Å². The first kappa shape index (κ1) is 17.4. The number of rotatable bonds is 5. The van der Waals surface area contributed by atoms with E-state index in [-0.39, 0.29) is 12.5 Å². The molecule has 1 amide bonds. The van der Waals surface area contributed by atoms with Crippen LogP contribution in [0.4, 0.5) is 0 Å². The average Bonchev–Trinajstić information content (AvgIpc) is 3.07. The first-order valence-electron chi connectivity index (χ1n) is 8.64. The molecule has 0 spiro atoms. The highest BCUT2D eigenvalue weighted by molar-refractivity contribution is 5.94. The topological polar surface area (TPSA) is 80.5 Å². The van der Waals surface area contributed by atoms with Crippen molar-refractivity contribution >= 4 is 5.91 Å². The van der Waals surface area contributed by atoms with Crippen molar-refractivity contribution in [2.75, 3.05) is 13.1 Å². The van der Waals surface area contributed by atoms with Gasteiger partial charge in [0, 0.05) is 37.2 Å². The van der Waals surface area contributed by atoms with E-state index in [1.54, 1.807) is 24.3 Å². The highest BCUT2D eigenvalue weighted by Crippen LogP contribution is 2.16. The van der Waals surface area contributed by atoms with E-state index in [0.717, 1.165) is 13.1 Å². The Morgan fingerprint density at radius 1 is 1.28 bits per heavy atom. The van der Waals surface area contributed by atoms with E-state index < -0.39 is 0 Å². The van der Waals surface area contributed by atoms with Crippen molar-refractivity contribution in [2.45, 2.75) is 45.9 Å². The Hall–Kier alpha value is -2.41. The molecule has 1 N–H and O–H groups in total. The second-order valence-corrected chi connectivity index (χ2v) is 6.45. The largest absolute Gasteiger partial charge is 0.485 e. The van der Waals surface area contributed by atoms with Crippen LogP contribution in [0.1, 0.15) is 42.8 Å². The minimum absolute atomic E-state index is 0.0532. The van der Waals surface area contributed by atoms with Crippen molar-refractivity contribution < 1.29 is 14.1 Å². The van der Waals surface area contributed by atoms with Crippen LogP contribution in [-0.4, -0.2) is 46.1 Å². The number of hydrogen-bond acceptors (Lipinski definition) is 6. The standard InChI is InChI=1S/C18H24N4O3/c1-4-17-20-16(21-25-17)11-24-15-7-5-14(6-8-15)18(23)22-9-12(2)19-13(3)10-22/h5-8,12-13,19H,4,9-11H2,1-3H3.